The number of ether oxygens (including phenoxy) is 2. The predicted octanol–water partition coefficient (Wildman–Crippen LogP) is 2.85. The van der Waals surface area contributed by atoms with Gasteiger partial charge in [-0.3, -0.25) is 9.78 Å². The number of carbonyl (C=O) groups is 1. The second kappa shape index (κ2) is 7.46. The molecule has 2 N–H and O–H groups in total. The number of piperidine rings is 1. The minimum Gasteiger partial charge on any atom is -0.466 e. The number of aliphatic hydroxyl groups is 1. The van der Waals surface area contributed by atoms with Crippen LogP contribution in [0, 0.1) is 20.8 Å². The van der Waals surface area contributed by atoms with Crippen LogP contribution in [0.4, 0.5) is 5.69 Å². The van der Waals surface area contributed by atoms with Crippen LogP contribution in [0.25, 0.3) is 10.9 Å². The number of furan rings is 1. The summed E-state index contributed by atoms with van der Waals surface area (Å²) in [5.74, 6) is 2.48. The number of aryl methyl sites for hydroxylation is 3. The van der Waals surface area contributed by atoms with E-state index < -0.39 is 6.10 Å². The van der Waals surface area contributed by atoms with Gasteiger partial charge in [-0.1, -0.05) is 0 Å². The number of hydrogen-bond donors (Lipinski definition) is 2. The van der Waals surface area contributed by atoms with Crippen LogP contribution < -0.4 is 19.7 Å². The standard InChI is InChI=1S/C23H25N3O5/c1-12-4-20(18-7-21-22(30-11-29-21)8-19(18)24-12)26-9-15(6-16(27)10-26)25-23(28)17-5-13(2)31-14(17)3/h4-5,7-8,15-16,27H,6,9-11H2,1-3H3,(H,25,28)/t15-,16+/m0/s1. The molecule has 2 atom stereocenters. The van der Waals surface area contributed by atoms with Gasteiger partial charge >= 0.3 is 0 Å². The van der Waals surface area contributed by atoms with Crippen molar-refractivity contribution in [1.29, 1.82) is 0 Å². The highest BCUT2D eigenvalue weighted by Gasteiger charge is 2.30. The predicted molar refractivity (Wildman–Crippen MR) is 115 cm³/mol. The first-order valence-electron chi connectivity index (χ1n) is 10.4. The molecule has 5 rings (SSSR count). The van der Waals surface area contributed by atoms with Crippen LogP contribution in [0.3, 0.4) is 0 Å². The fraction of sp³-hybridized carbons (Fsp3) is 0.391. The van der Waals surface area contributed by atoms with Crippen molar-refractivity contribution in [2.24, 2.45) is 0 Å². The number of carbonyl (C=O) groups excluding carboxylic acids is 1. The van der Waals surface area contributed by atoms with E-state index in [0.717, 1.165) is 22.3 Å². The van der Waals surface area contributed by atoms with E-state index in [2.05, 4.69) is 15.2 Å². The van der Waals surface area contributed by atoms with Gasteiger partial charge in [0, 0.05) is 42.0 Å². The molecule has 1 saturated heterocycles. The molecule has 8 nitrogen and oxygen atoms in total. The number of nitrogens with zero attached hydrogens (tertiary/aromatic N) is 2. The average Bonchev–Trinajstić information content (AvgIpc) is 3.30. The molecule has 31 heavy (non-hydrogen) atoms. The Morgan fingerprint density at radius 2 is 1.90 bits per heavy atom. The minimum absolute atomic E-state index is 0.187. The van der Waals surface area contributed by atoms with Gasteiger partial charge < -0.3 is 29.2 Å². The molecule has 162 valence electrons. The zero-order valence-electron chi connectivity index (χ0n) is 17.8. The molecule has 0 bridgehead atoms. The summed E-state index contributed by atoms with van der Waals surface area (Å²) in [6.45, 7) is 6.79. The van der Waals surface area contributed by atoms with Gasteiger partial charge in [-0.15, -0.1) is 0 Å². The second-order valence-corrected chi connectivity index (χ2v) is 8.30. The quantitative estimate of drug-likeness (QED) is 0.669. The molecule has 3 aromatic rings. The zero-order valence-corrected chi connectivity index (χ0v) is 17.8. The number of hydrogen-bond acceptors (Lipinski definition) is 7. The number of aliphatic hydroxyl groups excluding tert-OH is 1. The Balaban J connectivity index is 1.44. The topological polar surface area (TPSA) is 97.1 Å². The van der Waals surface area contributed by atoms with Gasteiger partial charge in [-0.25, -0.2) is 0 Å². The molecular formula is C23H25N3O5. The van der Waals surface area contributed by atoms with Crippen molar-refractivity contribution >= 4 is 22.5 Å². The summed E-state index contributed by atoms with van der Waals surface area (Å²) in [7, 11) is 0. The molecule has 1 aromatic carbocycles. The van der Waals surface area contributed by atoms with Crippen LogP contribution in [0.1, 0.15) is 34.0 Å². The van der Waals surface area contributed by atoms with Crippen LogP contribution in [0.15, 0.2) is 28.7 Å². The van der Waals surface area contributed by atoms with Gasteiger partial charge in [0.1, 0.15) is 11.5 Å². The maximum absolute atomic E-state index is 12.8. The summed E-state index contributed by atoms with van der Waals surface area (Å²) >= 11 is 0. The number of fused-ring (bicyclic) bond motifs is 2. The highest BCUT2D eigenvalue weighted by Crippen LogP contribution is 2.39. The number of rotatable bonds is 3. The van der Waals surface area contributed by atoms with Crippen molar-refractivity contribution in [1.82, 2.24) is 10.3 Å². The Morgan fingerprint density at radius 3 is 2.65 bits per heavy atom. The lowest BCUT2D eigenvalue weighted by atomic mass is 10.0. The number of β-amino-alcohol motifs (C(OH)–C–C–N with tert-alkyl or cyclic N) is 1. The third kappa shape index (κ3) is 3.67. The van der Waals surface area contributed by atoms with E-state index in [-0.39, 0.29) is 18.7 Å². The van der Waals surface area contributed by atoms with Crippen molar-refractivity contribution in [3.63, 3.8) is 0 Å². The molecule has 0 saturated carbocycles. The van der Waals surface area contributed by atoms with Crippen LogP contribution >= 0.6 is 0 Å². The number of pyridine rings is 1. The minimum atomic E-state index is -0.566. The Bertz CT molecular complexity index is 1170. The average molecular weight is 423 g/mol. The third-order valence-electron chi connectivity index (χ3n) is 5.80. The molecule has 4 heterocycles. The molecule has 0 radical (unpaired) electrons. The Morgan fingerprint density at radius 1 is 1.13 bits per heavy atom. The number of anilines is 1. The van der Waals surface area contributed by atoms with Gasteiger partial charge in [0.2, 0.25) is 6.79 Å². The van der Waals surface area contributed by atoms with Crippen molar-refractivity contribution in [3.05, 3.63) is 47.0 Å². The first-order chi connectivity index (χ1) is 14.9. The molecule has 0 aliphatic carbocycles. The van der Waals surface area contributed by atoms with Crippen LogP contribution in [0.2, 0.25) is 0 Å². The lowest BCUT2D eigenvalue weighted by Gasteiger charge is -2.38. The highest BCUT2D eigenvalue weighted by molar-refractivity contribution is 5.96. The number of benzene rings is 1. The monoisotopic (exact) mass is 423 g/mol. The number of aromatic nitrogens is 1. The maximum Gasteiger partial charge on any atom is 0.255 e. The summed E-state index contributed by atoms with van der Waals surface area (Å²) < 4.78 is 16.5. The Hall–Kier alpha value is -3.26. The normalized spacial score (nSPS) is 20.3. The number of amides is 1. The molecule has 8 heteroatoms. The second-order valence-electron chi connectivity index (χ2n) is 8.30. The summed E-state index contributed by atoms with van der Waals surface area (Å²) in [6, 6.07) is 7.36. The van der Waals surface area contributed by atoms with E-state index in [1.54, 1.807) is 13.0 Å². The summed E-state index contributed by atoms with van der Waals surface area (Å²) in [6.07, 6.45) is -0.0734. The summed E-state index contributed by atoms with van der Waals surface area (Å²) in [5.41, 5.74) is 3.16. The first kappa shape index (κ1) is 19.7. The number of nitrogens with one attached hydrogen (secondary N) is 1. The molecule has 0 spiro atoms. The molecule has 1 amide bonds. The van der Waals surface area contributed by atoms with E-state index in [0.29, 0.717) is 48.1 Å². The first-order valence-corrected chi connectivity index (χ1v) is 10.4. The Labute approximate surface area is 179 Å². The van der Waals surface area contributed by atoms with E-state index in [1.165, 1.54) is 0 Å². The zero-order chi connectivity index (χ0) is 21.7. The Kier molecular flexibility index (Phi) is 4.74. The fourth-order valence-electron chi connectivity index (χ4n) is 4.48. The van der Waals surface area contributed by atoms with Crippen molar-refractivity contribution in [2.75, 3.05) is 24.8 Å². The maximum atomic E-state index is 12.8. The summed E-state index contributed by atoms with van der Waals surface area (Å²) in [4.78, 5) is 19.5. The SMILES string of the molecule is Cc1cc(N2C[C@H](O)C[C@H](NC(=O)c3cc(C)oc3C)C2)c2cc3c(cc2n1)OCO3. The molecule has 1 fully saturated rings. The van der Waals surface area contributed by atoms with Crippen LogP contribution in [-0.4, -0.2) is 48.0 Å². The van der Waals surface area contributed by atoms with Crippen LogP contribution in [-0.2, 0) is 0 Å². The largest absolute Gasteiger partial charge is 0.466 e. The van der Waals surface area contributed by atoms with Crippen molar-refractivity contribution < 1.29 is 23.8 Å². The highest BCUT2D eigenvalue weighted by atomic mass is 16.7. The lowest BCUT2D eigenvalue weighted by Crippen LogP contribution is -2.52. The third-order valence-corrected chi connectivity index (χ3v) is 5.80. The molecule has 2 aliphatic rings. The van der Waals surface area contributed by atoms with Gasteiger partial charge in [0.05, 0.1) is 17.2 Å². The van der Waals surface area contributed by atoms with Gasteiger partial charge in [0.25, 0.3) is 5.91 Å². The van der Waals surface area contributed by atoms with Gasteiger partial charge in [-0.2, -0.15) is 0 Å². The van der Waals surface area contributed by atoms with Crippen molar-refractivity contribution in [3.8, 4) is 11.5 Å². The lowest BCUT2D eigenvalue weighted by molar-refractivity contribution is 0.0893. The van der Waals surface area contributed by atoms with E-state index >= 15 is 0 Å². The van der Waals surface area contributed by atoms with Crippen molar-refractivity contribution in [2.45, 2.75) is 39.3 Å². The molecule has 2 aromatic heterocycles. The molecular weight excluding hydrogens is 398 g/mol. The van der Waals surface area contributed by atoms with Crippen LogP contribution in [0.5, 0.6) is 11.5 Å². The van der Waals surface area contributed by atoms with Gasteiger partial charge in [-0.05, 0) is 45.4 Å². The van der Waals surface area contributed by atoms with E-state index in [4.69, 9.17) is 13.9 Å². The van der Waals surface area contributed by atoms with E-state index in [1.807, 2.05) is 32.0 Å². The van der Waals surface area contributed by atoms with E-state index in [9.17, 15) is 9.90 Å². The molecule has 0 unspecified atom stereocenters. The fourth-order valence-corrected chi connectivity index (χ4v) is 4.48. The smallest absolute Gasteiger partial charge is 0.255 e. The van der Waals surface area contributed by atoms with Gasteiger partial charge in [0.15, 0.2) is 11.5 Å². The summed E-state index contributed by atoms with van der Waals surface area (Å²) in [5, 5.41) is 14.6. The molecule has 2 aliphatic heterocycles.